The highest BCUT2D eigenvalue weighted by Crippen LogP contribution is 1.91. The molecule has 0 bridgehead atoms. The van der Waals surface area contributed by atoms with Crippen LogP contribution in [0.15, 0.2) is 0 Å². The van der Waals surface area contributed by atoms with E-state index < -0.39 is 10.2 Å². The number of hydrogen-bond donors (Lipinski definition) is 2. The molecule has 0 saturated heterocycles. The summed E-state index contributed by atoms with van der Waals surface area (Å²) in [5.74, 6) is 4.78. The topological polar surface area (TPSA) is 84.7 Å². The fourth-order valence-corrected chi connectivity index (χ4v) is 1.33. The van der Waals surface area contributed by atoms with Gasteiger partial charge in [-0.3, -0.25) is 0 Å². The molecule has 0 radical (unpaired) electrons. The summed E-state index contributed by atoms with van der Waals surface area (Å²) < 4.78 is 25.7. The Bertz CT molecular complexity index is 214. The Kier molecular flexibility index (Phi) is 4.64. The van der Waals surface area contributed by atoms with Crippen molar-refractivity contribution in [1.29, 1.82) is 0 Å². The molecule has 12 heavy (non-hydrogen) atoms. The number of rotatable bonds is 5. The van der Waals surface area contributed by atoms with Crippen molar-refractivity contribution in [3.8, 4) is 0 Å². The second-order valence-corrected chi connectivity index (χ2v) is 4.56. The zero-order valence-corrected chi connectivity index (χ0v) is 8.26. The Morgan fingerprint density at radius 2 is 2.08 bits per heavy atom. The number of nitrogens with one attached hydrogen (secondary N) is 1. The first-order valence-electron chi connectivity index (χ1n) is 3.41. The fraction of sp³-hybridized carbons (Fsp3) is 1.00. The van der Waals surface area contributed by atoms with Gasteiger partial charge in [0.1, 0.15) is 0 Å². The summed E-state index contributed by atoms with van der Waals surface area (Å²) in [6, 6.07) is -0.331. The molecule has 0 aliphatic heterocycles. The summed E-state index contributed by atoms with van der Waals surface area (Å²) in [7, 11) is -0.486. The molecule has 74 valence electrons. The molecule has 0 saturated carbocycles. The minimum atomic E-state index is -3.37. The second-order valence-electron chi connectivity index (χ2n) is 2.64. The first-order valence-corrected chi connectivity index (χ1v) is 4.85. The van der Waals surface area contributed by atoms with Gasteiger partial charge < -0.3 is 4.84 Å². The van der Waals surface area contributed by atoms with Gasteiger partial charge in [-0.15, -0.1) is 0 Å². The van der Waals surface area contributed by atoms with Gasteiger partial charge in [-0.05, 0) is 6.92 Å². The predicted octanol–water partition coefficient (Wildman–Crippen LogP) is -1.34. The lowest BCUT2D eigenvalue weighted by molar-refractivity contribution is 0.123. The molecule has 7 heteroatoms. The fourth-order valence-electron chi connectivity index (χ4n) is 0.538. The third-order valence-corrected chi connectivity index (χ3v) is 2.84. The van der Waals surface area contributed by atoms with Crippen molar-refractivity contribution in [2.24, 2.45) is 5.90 Å². The van der Waals surface area contributed by atoms with Crippen LogP contribution >= 0.6 is 0 Å². The van der Waals surface area contributed by atoms with Crippen molar-refractivity contribution in [3.63, 3.8) is 0 Å². The van der Waals surface area contributed by atoms with Crippen molar-refractivity contribution in [2.75, 3.05) is 20.7 Å². The molecule has 0 fully saturated rings. The van der Waals surface area contributed by atoms with Crippen molar-refractivity contribution in [1.82, 2.24) is 9.03 Å². The number of nitrogens with two attached hydrogens (primary N) is 1. The molecule has 0 heterocycles. The van der Waals surface area contributed by atoms with E-state index in [9.17, 15) is 8.42 Å². The molecule has 0 aromatic rings. The Hall–Kier alpha value is -0.210. The van der Waals surface area contributed by atoms with Gasteiger partial charge in [-0.2, -0.15) is 17.4 Å². The molecular formula is C5H15N3O3S. The predicted molar refractivity (Wildman–Crippen MR) is 45.3 cm³/mol. The van der Waals surface area contributed by atoms with Gasteiger partial charge in [0.2, 0.25) is 0 Å². The van der Waals surface area contributed by atoms with E-state index in [1.54, 1.807) is 6.92 Å². The molecule has 0 aliphatic rings. The zero-order chi connectivity index (χ0) is 9.78. The normalized spacial score (nSPS) is 15.1. The Morgan fingerprint density at radius 1 is 1.58 bits per heavy atom. The monoisotopic (exact) mass is 197 g/mol. The minimum Gasteiger partial charge on any atom is -0.303 e. The van der Waals surface area contributed by atoms with E-state index in [4.69, 9.17) is 5.90 Å². The second kappa shape index (κ2) is 4.73. The van der Waals surface area contributed by atoms with Crippen molar-refractivity contribution >= 4 is 10.2 Å². The van der Waals surface area contributed by atoms with Crippen LogP contribution in [-0.2, 0) is 15.0 Å². The molecule has 0 rings (SSSR count). The van der Waals surface area contributed by atoms with Crippen LogP contribution in [0.4, 0.5) is 0 Å². The SMILES string of the molecule is CC(CON)NS(=O)(=O)N(C)C. The molecule has 0 aromatic heterocycles. The van der Waals surface area contributed by atoms with E-state index >= 15 is 0 Å². The molecule has 1 atom stereocenters. The summed E-state index contributed by atoms with van der Waals surface area (Å²) in [4.78, 5) is 4.28. The van der Waals surface area contributed by atoms with E-state index in [-0.39, 0.29) is 12.6 Å². The molecule has 3 N–H and O–H groups in total. The summed E-state index contributed by atoms with van der Waals surface area (Å²) in [5, 5.41) is 0. The van der Waals surface area contributed by atoms with Crippen LogP contribution in [0.1, 0.15) is 6.92 Å². The van der Waals surface area contributed by atoms with Gasteiger partial charge in [-0.1, -0.05) is 0 Å². The third-order valence-electron chi connectivity index (χ3n) is 1.18. The van der Waals surface area contributed by atoms with Crippen LogP contribution in [0.2, 0.25) is 0 Å². The molecule has 0 aliphatic carbocycles. The van der Waals surface area contributed by atoms with Gasteiger partial charge in [-0.25, -0.2) is 5.90 Å². The molecule has 0 amide bonds. The summed E-state index contributed by atoms with van der Waals surface area (Å²) in [5.41, 5.74) is 0. The van der Waals surface area contributed by atoms with Gasteiger partial charge in [0.05, 0.1) is 6.61 Å². The van der Waals surface area contributed by atoms with Crippen molar-refractivity contribution < 1.29 is 13.3 Å². The quantitative estimate of drug-likeness (QED) is 0.534. The van der Waals surface area contributed by atoms with E-state index in [2.05, 4.69) is 9.56 Å². The summed E-state index contributed by atoms with van der Waals surface area (Å²) >= 11 is 0. The van der Waals surface area contributed by atoms with Crippen LogP contribution in [0, 0.1) is 0 Å². The lowest BCUT2D eigenvalue weighted by Crippen LogP contribution is -2.43. The average Bonchev–Trinajstić information content (AvgIpc) is 1.85. The van der Waals surface area contributed by atoms with Crippen molar-refractivity contribution in [2.45, 2.75) is 13.0 Å². The molecule has 6 nitrogen and oxygen atoms in total. The highest BCUT2D eigenvalue weighted by Gasteiger charge is 2.16. The van der Waals surface area contributed by atoms with Gasteiger partial charge in [0.25, 0.3) is 10.2 Å². The third kappa shape index (κ3) is 3.98. The van der Waals surface area contributed by atoms with Crippen LogP contribution in [0.3, 0.4) is 0 Å². The Morgan fingerprint density at radius 3 is 2.42 bits per heavy atom. The summed E-state index contributed by atoms with van der Waals surface area (Å²) in [6.07, 6.45) is 0. The van der Waals surface area contributed by atoms with E-state index in [0.29, 0.717) is 0 Å². The van der Waals surface area contributed by atoms with Gasteiger partial charge in [0, 0.05) is 20.1 Å². The number of nitrogens with zero attached hydrogens (tertiary/aromatic N) is 1. The first kappa shape index (κ1) is 11.8. The molecular weight excluding hydrogens is 182 g/mol. The van der Waals surface area contributed by atoms with Crippen LogP contribution in [-0.4, -0.2) is 39.5 Å². The maximum Gasteiger partial charge on any atom is 0.279 e. The van der Waals surface area contributed by atoms with Crippen LogP contribution in [0.25, 0.3) is 0 Å². The minimum absolute atomic E-state index is 0.146. The molecule has 1 unspecified atom stereocenters. The molecule has 0 spiro atoms. The lowest BCUT2D eigenvalue weighted by atomic mass is 10.4. The first-order chi connectivity index (χ1) is 5.40. The van der Waals surface area contributed by atoms with E-state index in [0.717, 1.165) is 4.31 Å². The van der Waals surface area contributed by atoms with E-state index in [1.807, 2.05) is 0 Å². The van der Waals surface area contributed by atoms with Gasteiger partial charge in [0.15, 0.2) is 0 Å². The highest BCUT2D eigenvalue weighted by molar-refractivity contribution is 7.87. The number of hydrogen-bond acceptors (Lipinski definition) is 4. The van der Waals surface area contributed by atoms with Crippen molar-refractivity contribution in [3.05, 3.63) is 0 Å². The largest absolute Gasteiger partial charge is 0.303 e. The van der Waals surface area contributed by atoms with E-state index in [1.165, 1.54) is 14.1 Å². The standard InChI is InChI=1S/C5H15N3O3S/c1-5(4-11-6)7-12(9,10)8(2)3/h5,7H,4,6H2,1-3H3. The maximum absolute atomic E-state index is 11.1. The molecule has 0 aromatic carbocycles. The Labute approximate surface area is 72.8 Å². The van der Waals surface area contributed by atoms with Crippen LogP contribution < -0.4 is 10.6 Å². The van der Waals surface area contributed by atoms with Gasteiger partial charge >= 0.3 is 0 Å². The zero-order valence-electron chi connectivity index (χ0n) is 7.44. The van der Waals surface area contributed by atoms with Crippen LogP contribution in [0.5, 0.6) is 0 Å². The smallest absolute Gasteiger partial charge is 0.279 e. The maximum atomic E-state index is 11.1. The lowest BCUT2D eigenvalue weighted by Gasteiger charge is -2.16. The Balaban J connectivity index is 4.07. The highest BCUT2D eigenvalue weighted by atomic mass is 32.2. The summed E-state index contributed by atoms with van der Waals surface area (Å²) in [6.45, 7) is 1.81. The average molecular weight is 197 g/mol.